The maximum atomic E-state index is 13.0. The normalized spacial score (nSPS) is 14.0. The number of hydrogen-bond donors (Lipinski definition) is 2. The molecule has 0 saturated carbocycles. The largest absolute Gasteiger partial charge is 0.367 e. The fourth-order valence-electron chi connectivity index (χ4n) is 3.78. The molecule has 1 saturated heterocycles. The van der Waals surface area contributed by atoms with Gasteiger partial charge in [-0.05, 0) is 29.8 Å². The summed E-state index contributed by atoms with van der Waals surface area (Å²) >= 11 is 5.99. The second-order valence-corrected chi connectivity index (χ2v) is 7.82. The van der Waals surface area contributed by atoms with Gasteiger partial charge in [0, 0.05) is 49.2 Å². The van der Waals surface area contributed by atoms with Gasteiger partial charge in [0.15, 0.2) is 5.65 Å². The van der Waals surface area contributed by atoms with Crippen molar-refractivity contribution in [1.82, 2.24) is 19.9 Å². The highest BCUT2D eigenvalue weighted by atomic mass is 35.5. The van der Waals surface area contributed by atoms with E-state index in [1.165, 1.54) is 0 Å². The molecule has 0 radical (unpaired) electrons. The number of piperazine rings is 1. The van der Waals surface area contributed by atoms with Crippen LogP contribution >= 0.6 is 11.6 Å². The molecule has 0 aliphatic carbocycles. The average Bonchev–Trinajstić information content (AvgIpc) is 3.24. The van der Waals surface area contributed by atoms with Crippen LogP contribution in [0.1, 0.15) is 10.4 Å². The summed E-state index contributed by atoms with van der Waals surface area (Å²) in [5.41, 5.74) is 4.78. The van der Waals surface area contributed by atoms with Gasteiger partial charge in [-0.15, -0.1) is 0 Å². The number of benzene rings is 2. The third-order valence-electron chi connectivity index (χ3n) is 5.38. The SMILES string of the molecule is O=C(Nc1ccccc1N1CCNCC1)c1cnc2c(-c3ccc(Cl)cc3)cnn2c1. The zero-order valence-corrected chi connectivity index (χ0v) is 17.5. The van der Waals surface area contributed by atoms with Crippen molar-refractivity contribution in [3.05, 3.63) is 77.7 Å². The molecule has 8 heteroatoms. The number of rotatable bonds is 4. The van der Waals surface area contributed by atoms with Crippen LogP contribution in [-0.2, 0) is 0 Å². The topological polar surface area (TPSA) is 74.6 Å². The maximum Gasteiger partial charge on any atom is 0.258 e. The minimum atomic E-state index is -0.222. The van der Waals surface area contributed by atoms with E-state index in [1.807, 2.05) is 48.5 Å². The summed E-state index contributed by atoms with van der Waals surface area (Å²) in [5.74, 6) is -0.222. The van der Waals surface area contributed by atoms with Gasteiger partial charge in [-0.3, -0.25) is 4.79 Å². The third kappa shape index (κ3) is 3.97. The highest BCUT2D eigenvalue weighted by Crippen LogP contribution is 2.27. The van der Waals surface area contributed by atoms with Crippen LogP contribution in [0.15, 0.2) is 67.1 Å². The Kier molecular flexibility index (Phi) is 5.28. The highest BCUT2D eigenvalue weighted by Gasteiger charge is 2.17. The number of carbonyl (C=O) groups is 1. The Morgan fingerprint density at radius 2 is 1.81 bits per heavy atom. The summed E-state index contributed by atoms with van der Waals surface area (Å²) in [7, 11) is 0. The number of nitrogens with one attached hydrogen (secondary N) is 2. The van der Waals surface area contributed by atoms with Gasteiger partial charge in [-0.2, -0.15) is 5.10 Å². The predicted octanol–water partition coefficient (Wildman–Crippen LogP) is 3.71. The molecule has 7 nitrogen and oxygen atoms in total. The van der Waals surface area contributed by atoms with Gasteiger partial charge in [0.1, 0.15) is 0 Å². The molecular formula is C23H21ClN6O. The Hall–Kier alpha value is -3.42. The summed E-state index contributed by atoms with van der Waals surface area (Å²) in [6.45, 7) is 3.67. The van der Waals surface area contributed by atoms with E-state index in [2.05, 4.69) is 25.6 Å². The molecule has 1 amide bonds. The molecule has 1 fully saturated rings. The van der Waals surface area contributed by atoms with Crippen molar-refractivity contribution in [2.45, 2.75) is 0 Å². The van der Waals surface area contributed by atoms with Crippen molar-refractivity contribution in [3.8, 4) is 11.1 Å². The van der Waals surface area contributed by atoms with Crippen LogP contribution in [0, 0.1) is 0 Å². The van der Waals surface area contributed by atoms with E-state index in [-0.39, 0.29) is 5.91 Å². The first-order valence-corrected chi connectivity index (χ1v) is 10.5. The van der Waals surface area contributed by atoms with Crippen molar-refractivity contribution in [2.24, 2.45) is 0 Å². The van der Waals surface area contributed by atoms with E-state index in [1.54, 1.807) is 23.1 Å². The monoisotopic (exact) mass is 432 g/mol. The smallest absolute Gasteiger partial charge is 0.258 e. The lowest BCUT2D eigenvalue weighted by molar-refractivity contribution is 0.102. The summed E-state index contributed by atoms with van der Waals surface area (Å²) < 4.78 is 1.63. The van der Waals surface area contributed by atoms with E-state index >= 15 is 0 Å². The predicted molar refractivity (Wildman–Crippen MR) is 123 cm³/mol. The van der Waals surface area contributed by atoms with Crippen molar-refractivity contribution in [3.63, 3.8) is 0 Å². The van der Waals surface area contributed by atoms with E-state index in [0.717, 1.165) is 48.7 Å². The van der Waals surface area contributed by atoms with Crippen molar-refractivity contribution in [2.75, 3.05) is 36.4 Å². The molecule has 5 rings (SSSR count). The van der Waals surface area contributed by atoms with Crippen LogP contribution in [-0.4, -0.2) is 46.7 Å². The van der Waals surface area contributed by atoms with Crippen molar-refractivity contribution < 1.29 is 4.79 Å². The molecule has 4 aromatic rings. The number of aromatic nitrogens is 3. The second kappa shape index (κ2) is 8.37. The minimum absolute atomic E-state index is 0.222. The molecule has 0 bridgehead atoms. The molecule has 31 heavy (non-hydrogen) atoms. The Morgan fingerprint density at radius 3 is 2.61 bits per heavy atom. The number of hydrogen-bond acceptors (Lipinski definition) is 5. The third-order valence-corrected chi connectivity index (χ3v) is 5.64. The first-order chi connectivity index (χ1) is 15.2. The number of fused-ring (bicyclic) bond motifs is 1. The van der Waals surface area contributed by atoms with Crippen LogP contribution in [0.2, 0.25) is 5.02 Å². The van der Waals surface area contributed by atoms with Gasteiger partial charge in [0.25, 0.3) is 5.91 Å². The van der Waals surface area contributed by atoms with Crippen molar-refractivity contribution >= 4 is 34.5 Å². The van der Waals surface area contributed by atoms with Gasteiger partial charge < -0.3 is 15.5 Å². The molecule has 2 aromatic heterocycles. The van der Waals surface area contributed by atoms with E-state index < -0.39 is 0 Å². The highest BCUT2D eigenvalue weighted by molar-refractivity contribution is 6.30. The molecule has 1 aliphatic rings. The van der Waals surface area contributed by atoms with Crippen LogP contribution in [0.25, 0.3) is 16.8 Å². The van der Waals surface area contributed by atoms with Crippen LogP contribution in [0.5, 0.6) is 0 Å². The van der Waals surface area contributed by atoms with Gasteiger partial charge in [0.05, 0.1) is 23.1 Å². The quantitative estimate of drug-likeness (QED) is 0.514. The molecule has 0 atom stereocenters. The van der Waals surface area contributed by atoms with Crippen LogP contribution < -0.4 is 15.5 Å². The van der Waals surface area contributed by atoms with Crippen LogP contribution in [0.4, 0.5) is 11.4 Å². The van der Waals surface area contributed by atoms with E-state index in [9.17, 15) is 4.79 Å². The van der Waals surface area contributed by atoms with Crippen molar-refractivity contribution in [1.29, 1.82) is 0 Å². The molecule has 2 N–H and O–H groups in total. The Morgan fingerprint density at radius 1 is 1.03 bits per heavy atom. The Labute approximate surface area is 184 Å². The molecule has 1 aliphatic heterocycles. The molecular weight excluding hydrogens is 412 g/mol. The summed E-state index contributed by atoms with van der Waals surface area (Å²) in [5, 5.41) is 11.4. The van der Waals surface area contributed by atoms with Crippen LogP contribution in [0.3, 0.4) is 0 Å². The summed E-state index contributed by atoms with van der Waals surface area (Å²) in [4.78, 5) is 19.7. The van der Waals surface area contributed by atoms with Gasteiger partial charge in [-0.1, -0.05) is 35.9 Å². The molecule has 2 aromatic carbocycles. The zero-order chi connectivity index (χ0) is 21.2. The molecule has 0 spiro atoms. The lowest BCUT2D eigenvalue weighted by atomic mass is 10.1. The zero-order valence-electron chi connectivity index (χ0n) is 16.8. The fourth-order valence-corrected chi connectivity index (χ4v) is 3.91. The summed E-state index contributed by atoms with van der Waals surface area (Å²) in [6.07, 6.45) is 5.02. The summed E-state index contributed by atoms with van der Waals surface area (Å²) in [6, 6.07) is 15.4. The standard InChI is InChI=1S/C23H21ClN6O/c24-18-7-5-16(6-8-18)19-14-27-30-15-17(13-26-22(19)30)23(31)28-20-3-1-2-4-21(20)29-11-9-25-10-12-29/h1-8,13-15,25H,9-12H2,(H,28,31). The molecule has 156 valence electrons. The second-order valence-electron chi connectivity index (χ2n) is 7.38. The number of anilines is 2. The Balaban J connectivity index is 1.40. The number of nitrogens with zero attached hydrogens (tertiary/aromatic N) is 4. The minimum Gasteiger partial charge on any atom is -0.367 e. The van der Waals surface area contributed by atoms with Gasteiger partial charge >= 0.3 is 0 Å². The first-order valence-electron chi connectivity index (χ1n) is 10.1. The maximum absolute atomic E-state index is 13.0. The number of amides is 1. The van der Waals surface area contributed by atoms with Gasteiger partial charge in [-0.25, -0.2) is 9.50 Å². The first kappa shape index (κ1) is 19.5. The lowest BCUT2D eigenvalue weighted by Crippen LogP contribution is -2.43. The van der Waals surface area contributed by atoms with E-state index in [4.69, 9.17) is 11.6 Å². The fraction of sp³-hybridized carbons (Fsp3) is 0.174. The Bertz CT molecular complexity index is 1230. The average molecular weight is 433 g/mol. The number of halogens is 1. The number of para-hydroxylation sites is 2. The van der Waals surface area contributed by atoms with E-state index in [0.29, 0.717) is 16.2 Å². The molecule has 3 heterocycles. The molecule has 0 unspecified atom stereocenters. The number of carbonyl (C=O) groups excluding carboxylic acids is 1. The lowest BCUT2D eigenvalue weighted by Gasteiger charge is -2.31. The van der Waals surface area contributed by atoms with Gasteiger partial charge in [0.2, 0.25) is 0 Å².